The summed E-state index contributed by atoms with van der Waals surface area (Å²) in [5.74, 6) is 1.36. The number of aromatic nitrogens is 2. The number of carbonyl (C=O) groups excluding carboxylic acids is 1. The monoisotopic (exact) mass is 319 g/mol. The number of hydrogen-bond donors (Lipinski definition) is 0. The molecule has 0 radical (unpaired) electrons. The summed E-state index contributed by atoms with van der Waals surface area (Å²) in [4.78, 5) is 13.8. The van der Waals surface area contributed by atoms with Crippen LogP contribution in [0.4, 0.5) is 0 Å². The summed E-state index contributed by atoms with van der Waals surface area (Å²) in [6.45, 7) is 5.31. The number of rotatable bonds is 6. The Bertz CT molecular complexity index is 500. The summed E-state index contributed by atoms with van der Waals surface area (Å²) in [5.41, 5.74) is 0. The van der Waals surface area contributed by atoms with Crippen molar-refractivity contribution in [1.82, 2.24) is 14.7 Å². The second kappa shape index (κ2) is 7.95. The first kappa shape index (κ1) is 16.5. The van der Waals surface area contributed by atoms with Crippen LogP contribution in [-0.4, -0.2) is 46.7 Å². The predicted molar refractivity (Wildman–Crippen MR) is 89.7 cm³/mol. The van der Waals surface area contributed by atoms with Gasteiger partial charge in [-0.3, -0.25) is 14.4 Å². The lowest BCUT2D eigenvalue weighted by Gasteiger charge is -2.30. The number of piperidine rings is 1. The van der Waals surface area contributed by atoms with Crippen molar-refractivity contribution >= 4 is 5.78 Å². The van der Waals surface area contributed by atoms with Crippen molar-refractivity contribution in [2.24, 2.45) is 5.92 Å². The number of ketones is 1. The molecule has 3 rings (SSSR count). The molecule has 128 valence electrons. The van der Waals surface area contributed by atoms with Gasteiger partial charge in [0.05, 0.1) is 6.04 Å². The van der Waals surface area contributed by atoms with Crippen molar-refractivity contribution in [3.05, 3.63) is 12.3 Å². The van der Waals surface area contributed by atoms with E-state index in [-0.39, 0.29) is 5.92 Å². The first-order valence-corrected chi connectivity index (χ1v) is 9.13. The van der Waals surface area contributed by atoms with Gasteiger partial charge in [0.2, 0.25) is 5.88 Å². The van der Waals surface area contributed by atoms with Crippen molar-refractivity contribution in [1.29, 1.82) is 0 Å². The summed E-state index contributed by atoms with van der Waals surface area (Å²) >= 11 is 0. The third-order valence-corrected chi connectivity index (χ3v) is 5.35. The first-order valence-electron chi connectivity index (χ1n) is 9.13. The predicted octanol–water partition coefficient (Wildman–Crippen LogP) is 3.07. The van der Waals surface area contributed by atoms with E-state index >= 15 is 0 Å². The van der Waals surface area contributed by atoms with E-state index in [4.69, 9.17) is 4.74 Å². The SMILES string of the molecule is CC(=O)C1CCN(CCOc2ccn(C3CCCCC3)n2)CC1. The number of hydrogen-bond acceptors (Lipinski definition) is 4. The van der Waals surface area contributed by atoms with Gasteiger partial charge >= 0.3 is 0 Å². The van der Waals surface area contributed by atoms with Gasteiger partial charge in [0, 0.05) is 24.7 Å². The third-order valence-electron chi connectivity index (χ3n) is 5.35. The van der Waals surface area contributed by atoms with E-state index in [1.54, 1.807) is 6.92 Å². The molecular weight excluding hydrogens is 290 g/mol. The zero-order valence-corrected chi connectivity index (χ0v) is 14.2. The lowest BCUT2D eigenvalue weighted by molar-refractivity contribution is -0.122. The minimum Gasteiger partial charge on any atom is -0.475 e. The summed E-state index contributed by atoms with van der Waals surface area (Å²) < 4.78 is 7.90. The van der Waals surface area contributed by atoms with Crippen LogP contribution in [0.1, 0.15) is 57.9 Å². The standard InChI is InChI=1S/C18H29N3O2/c1-15(22)16-7-10-20(11-8-16)13-14-23-18-9-12-21(19-18)17-5-3-2-4-6-17/h9,12,16-17H,2-8,10-11,13-14H2,1H3. The quantitative estimate of drug-likeness (QED) is 0.808. The maximum absolute atomic E-state index is 11.4. The van der Waals surface area contributed by atoms with Gasteiger partial charge in [0.1, 0.15) is 12.4 Å². The molecule has 0 unspecified atom stereocenters. The Morgan fingerprint density at radius 1 is 1.22 bits per heavy atom. The molecule has 5 nitrogen and oxygen atoms in total. The Morgan fingerprint density at radius 2 is 1.96 bits per heavy atom. The third kappa shape index (κ3) is 4.56. The molecule has 0 amide bonds. The van der Waals surface area contributed by atoms with Gasteiger partial charge in [-0.05, 0) is 45.7 Å². The molecule has 23 heavy (non-hydrogen) atoms. The maximum atomic E-state index is 11.4. The van der Waals surface area contributed by atoms with Gasteiger partial charge in [-0.15, -0.1) is 5.10 Å². The van der Waals surface area contributed by atoms with E-state index in [2.05, 4.69) is 20.9 Å². The molecule has 1 saturated carbocycles. The highest BCUT2D eigenvalue weighted by Crippen LogP contribution is 2.28. The Morgan fingerprint density at radius 3 is 2.65 bits per heavy atom. The Labute approximate surface area is 139 Å². The fourth-order valence-corrected chi connectivity index (χ4v) is 3.79. The topological polar surface area (TPSA) is 47.4 Å². The molecule has 0 atom stereocenters. The highest BCUT2D eigenvalue weighted by molar-refractivity contribution is 5.78. The van der Waals surface area contributed by atoms with Gasteiger partial charge in [-0.25, -0.2) is 0 Å². The van der Waals surface area contributed by atoms with Crippen molar-refractivity contribution < 1.29 is 9.53 Å². The van der Waals surface area contributed by atoms with Crippen molar-refractivity contribution in [2.75, 3.05) is 26.2 Å². The Balaban J connectivity index is 1.38. The van der Waals surface area contributed by atoms with Gasteiger partial charge in [0.15, 0.2) is 0 Å². The van der Waals surface area contributed by atoms with Gasteiger partial charge < -0.3 is 4.74 Å². The molecule has 2 fully saturated rings. The lowest BCUT2D eigenvalue weighted by Crippen LogP contribution is -2.38. The highest BCUT2D eigenvalue weighted by Gasteiger charge is 2.22. The minimum atomic E-state index is 0.276. The molecule has 1 aliphatic carbocycles. The number of ether oxygens (including phenoxy) is 1. The lowest BCUT2D eigenvalue weighted by atomic mass is 9.93. The van der Waals surface area contributed by atoms with Crippen molar-refractivity contribution in [3.63, 3.8) is 0 Å². The highest BCUT2D eigenvalue weighted by atomic mass is 16.5. The van der Waals surface area contributed by atoms with Crippen LogP contribution in [0.2, 0.25) is 0 Å². The molecule has 2 aliphatic rings. The van der Waals surface area contributed by atoms with E-state index < -0.39 is 0 Å². The van der Waals surface area contributed by atoms with Gasteiger partial charge in [-0.2, -0.15) is 0 Å². The van der Waals surface area contributed by atoms with E-state index in [0.29, 0.717) is 18.4 Å². The van der Waals surface area contributed by atoms with Crippen LogP contribution >= 0.6 is 0 Å². The fraction of sp³-hybridized carbons (Fsp3) is 0.778. The molecule has 1 aromatic heterocycles. The molecule has 2 heterocycles. The summed E-state index contributed by atoms with van der Waals surface area (Å²) in [7, 11) is 0. The van der Waals surface area contributed by atoms with Crippen LogP contribution in [0.3, 0.4) is 0 Å². The van der Waals surface area contributed by atoms with Crippen molar-refractivity contribution in [3.8, 4) is 5.88 Å². The van der Waals surface area contributed by atoms with Crippen LogP contribution in [0.25, 0.3) is 0 Å². The molecule has 5 heteroatoms. The van der Waals surface area contributed by atoms with Crippen LogP contribution in [-0.2, 0) is 4.79 Å². The fourth-order valence-electron chi connectivity index (χ4n) is 3.79. The first-order chi connectivity index (χ1) is 11.2. The Hall–Kier alpha value is -1.36. The molecule has 0 aromatic carbocycles. The summed E-state index contributed by atoms with van der Waals surface area (Å²) in [5, 5.41) is 4.58. The van der Waals surface area contributed by atoms with Crippen LogP contribution in [0.5, 0.6) is 5.88 Å². The van der Waals surface area contributed by atoms with Crippen LogP contribution in [0, 0.1) is 5.92 Å². The van der Waals surface area contributed by atoms with E-state index in [0.717, 1.165) is 38.4 Å². The molecule has 1 aromatic rings. The smallest absolute Gasteiger partial charge is 0.232 e. The number of Topliss-reactive ketones (excluding diaryl/α,β-unsaturated/α-hetero) is 1. The molecule has 0 N–H and O–H groups in total. The zero-order valence-electron chi connectivity index (χ0n) is 14.2. The second-order valence-electron chi connectivity index (χ2n) is 7.00. The maximum Gasteiger partial charge on any atom is 0.232 e. The molecule has 1 saturated heterocycles. The largest absolute Gasteiger partial charge is 0.475 e. The van der Waals surface area contributed by atoms with Crippen molar-refractivity contribution in [2.45, 2.75) is 57.9 Å². The molecule has 0 spiro atoms. The van der Waals surface area contributed by atoms with E-state index in [1.165, 1.54) is 32.1 Å². The second-order valence-corrected chi connectivity index (χ2v) is 7.00. The number of nitrogens with zero attached hydrogens (tertiary/aromatic N) is 3. The van der Waals surface area contributed by atoms with E-state index in [9.17, 15) is 4.79 Å². The summed E-state index contributed by atoms with van der Waals surface area (Å²) in [6, 6.07) is 2.54. The number of likely N-dealkylation sites (tertiary alicyclic amines) is 1. The van der Waals surface area contributed by atoms with E-state index in [1.807, 2.05) is 6.07 Å². The normalized spacial score (nSPS) is 21.4. The zero-order chi connectivity index (χ0) is 16.1. The number of carbonyl (C=O) groups is 1. The Kier molecular flexibility index (Phi) is 5.70. The van der Waals surface area contributed by atoms with Crippen LogP contribution < -0.4 is 4.74 Å². The summed E-state index contributed by atoms with van der Waals surface area (Å²) in [6.07, 6.45) is 10.5. The minimum absolute atomic E-state index is 0.276. The van der Waals surface area contributed by atoms with Gasteiger partial charge in [0.25, 0.3) is 0 Å². The average molecular weight is 319 g/mol. The molecule has 0 bridgehead atoms. The molecule has 1 aliphatic heterocycles. The van der Waals surface area contributed by atoms with Crippen LogP contribution in [0.15, 0.2) is 12.3 Å². The average Bonchev–Trinajstić information content (AvgIpc) is 3.05. The van der Waals surface area contributed by atoms with Gasteiger partial charge in [-0.1, -0.05) is 19.3 Å². The molecular formula is C18H29N3O2.